The zero-order chi connectivity index (χ0) is 12.4. The smallest absolute Gasteiger partial charge is 0.309 e. The zero-order valence-electron chi connectivity index (χ0n) is 9.09. The summed E-state index contributed by atoms with van der Waals surface area (Å²) < 4.78 is 1.63. The normalized spacial score (nSPS) is 10.5. The third-order valence-electron chi connectivity index (χ3n) is 2.30. The Hall–Kier alpha value is -1.88. The Kier molecular flexibility index (Phi) is 3.10. The molecule has 0 aromatic carbocycles. The van der Waals surface area contributed by atoms with Gasteiger partial charge in [0.2, 0.25) is 0 Å². The fourth-order valence-corrected chi connectivity index (χ4v) is 1.70. The molecule has 0 aliphatic heterocycles. The van der Waals surface area contributed by atoms with Gasteiger partial charge in [-0.2, -0.15) is 0 Å². The van der Waals surface area contributed by atoms with Crippen LogP contribution in [0, 0.1) is 0 Å². The van der Waals surface area contributed by atoms with Crippen molar-refractivity contribution in [3.63, 3.8) is 0 Å². The number of hydrogen-bond donors (Lipinski definition) is 1. The van der Waals surface area contributed by atoms with Crippen molar-refractivity contribution in [1.29, 1.82) is 0 Å². The van der Waals surface area contributed by atoms with Gasteiger partial charge in [0.05, 0.1) is 12.1 Å². The SMILES string of the molecule is Cn1c(-c2ccccn2)nc(CC(=O)O)c1Cl. The number of rotatable bonds is 3. The van der Waals surface area contributed by atoms with Crippen molar-refractivity contribution >= 4 is 17.6 Å². The summed E-state index contributed by atoms with van der Waals surface area (Å²) in [4.78, 5) is 19.0. The molecule has 2 aromatic heterocycles. The highest BCUT2D eigenvalue weighted by Crippen LogP contribution is 2.23. The van der Waals surface area contributed by atoms with Crippen LogP contribution in [-0.4, -0.2) is 25.6 Å². The second-order valence-electron chi connectivity index (χ2n) is 3.52. The minimum Gasteiger partial charge on any atom is -0.481 e. The van der Waals surface area contributed by atoms with Crippen molar-refractivity contribution in [3.8, 4) is 11.5 Å². The fraction of sp³-hybridized carbons (Fsp3) is 0.182. The van der Waals surface area contributed by atoms with Crippen LogP contribution in [0.4, 0.5) is 0 Å². The van der Waals surface area contributed by atoms with Crippen LogP contribution in [0.15, 0.2) is 24.4 Å². The molecule has 2 heterocycles. The number of aliphatic carboxylic acids is 1. The van der Waals surface area contributed by atoms with Crippen LogP contribution in [-0.2, 0) is 18.3 Å². The third-order valence-corrected chi connectivity index (χ3v) is 2.78. The molecule has 1 N–H and O–H groups in total. The second-order valence-corrected chi connectivity index (χ2v) is 3.88. The summed E-state index contributed by atoms with van der Waals surface area (Å²) in [5.41, 5.74) is 1.01. The maximum Gasteiger partial charge on any atom is 0.309 e. The standard InChI is InChI=1S/C11H10ClN3O2/c1-15-10(12)8(6-9(16)17)14-11(15)7-4-2-3-5-13-7/h2-5H,6H2,1H3,(H,16,17). The molecule has 0 bridgehead atoms. The molecular weight excluding hydrogens is 242 g/mol. The minimum absolute atomic E-state index is 0.195. The first-order valence-corrected chi connectivity index (χ1v) is 5.31. The van der Waals surface area contributed by atoms with Crippen molar-refractivity contribution in [1.82, 2.24) is 14.5 Å². The Balaban J connectivity index is 2.46. The van der Waals surface area contributed by atoms with E-state index in [1.54, 1.807) is 29.9 Å². The number of carboxylic acid groups (broad SMARTS) is 1. The number of carboxylic acids is 1. The van der Waals surface area contributed by atoms with Crippen molar-refractivity contribution in [2.45, 2.75) is 6.42 Å². The average molecular weight is 252 g/mol. The van der Waals surface area contributed by atoms with Gasteiger partial charge < -0.3 is 9.67 Å². The summed E-state index contributed by atoms with van der Waals surface area (Å²) in [6.45, 7) is 0. The third kappa shape index (κ3) is 2.29. The van der Waals surface area contributed by atoms with Crippen molar-refractivity contribution in [2.24, 2.45) is 7.05 Å². The fourth-order valence-electron chi connectivity index (χ4n) is 1.52. The molecule has 0 spiro atoms. The molecule has 0 fully saturated rings. The number of imidazole rings is 1. The Morgan fingerprint density at radius 2 is 2.29 bits per heavy atom. The quantitative estimate of drug-likeness (QED) is 0.903. The van der Waals surface area contributed by atoms with Gasteiger partial charge in [0, 0.05) is 13.2 Å². The van der Waals surface area contributed by atoms with Gasteiger partial charge in [-0.15, -0.1) is 0 Å². The molecule has 2 aromatic rings. The zero-order valence-corrected chi connectivity index (χ0v) is 9.85. The molecule has 88 valence electrons. The van der Waals surface area contributed by atoms with Crippen LogP contribution in [0.25, 0.3) is 11.5 Å². The highest BCUT2D eigenvalue weighted by atomic mass is 35.5. The molecule has 0 radical (unpaired) electrons. The Bertz CT molecular complexity index is 551. The second kappa shape index (κ2) is 4.55. The monoisotopic (exact) mass is 251 g/mol. The molecule has 0 saturated heterocycles. The number of aromatic nitrogens is 3. The van der Waals surface area contributed by atoms with E-state index in [-0.39, 0.29) is 6.42 Å². The van der Waals surface area contributed by atoms with E-state index in [9.17, 15) is 4.79 Å². The van der Waals surface area contributed by atoms with E-state index in [2.05, 4.69) is 9.97 Å². The molecule has 17 heavy (non-hydrogen) atoms. The summed E-state index contributed by atoms with van der Waals surface area (Å²) >= 11 is 6.02. The van der Waals surface area contributed by atoms with E-state index in [0.29, 0.717) is 22.4 Å². The highest BCUT2D eigenvalue weighted by molar-refractivity contribution is 6.30. The number of pyridine rings is 1. The van der Waals surface area contributed by atoms with Gasteiger partial charge in [-0.05, 0) is 12.1 Å². The Labute approximate surface area is 103 Å². The predicted molar refractivity (Wildman–Crippen MR) is 62.8 cm³/mol. The van der Waals surface area contributed by atoms with Gasteiger partial charge in [-0.25, -0.2) is 4.98 Å². The predicted octanol–water partition coefficient (Wildman–Crippen LogP) is 1.76. The maximum absolute atomic E-state index is 10.7. The first-order chi connectivity index (χ1) is 8.09. The van der Waals surface area contributed by atoms with Gasteiger partial charge >= 0.3 is 5.97 Å². The van der Waals surface area contributed by atoms with Crippen LogP contribution < -0.4 is 0 Å². The topological polar surface area (TPSA) is 68.0 Å². The molecule has 0 saturated carbocycles. The van der Waals surface area contributed by atoms with E-state index in [4.69, 9.17) is 16.7 Å². The number of nitrogens with zero attached hydrogens (tertiary/aromatic N) is 3. The summed E-state index contributed by atoms with van der Waals surface area (Å²) in [7, 11) is 1.73. The van der Waals surface area contributed by atoms with E-state index in [1.165, 1.54) is 0 Å². The summed E-state index contributed by atoms with van der Waals surface area (Å²) in [5, 5.41) is 9.07. The average Bonchev–Trinajstić information content (AvgIpc) is 2.58. The molecule has 5 nitrogen and oxygen atoms in total. The lowest BCUT2D eigenvalue weighted by atomic mass is 10.3. The van der Waals surface area contributed by atoms with Crippen molar-refractivity contribution < 1.29 is 9.90 Å². The lowest BCUT2D eigenvalue weighted by molar-refractivity contribution is -0.136. The molecule has 0 atom stereocenters. The molecule has 0 aliphatic rings. The molecule has 6 heteroatoms. The van der Waals surface area contributed by atoms with Gasteiger partial charge in [0.1, 0.15) is 10.8 Å². The Morgan fingerprint density at radius 1 is 1.53 bits per heavy atom. The number of carbonyl (C=O) groups is 1. The first-order valence-electron chi connectivity index (χ1n) is 4.94. The minimum atomic E-state index is -0.961. The van der Waals surface area contributed by atoms with Crippen molar-refractivity contribution in [2.75, 3.05) is 0 Å². The summed E-state index contributed by atoms with van der Waals surface area (Å²) in [6, 6.07) is 5.43. The number of hydrogen-bond acceptors (Lipinski definition) is 3. The molecule has 2 rings (SSSR count). The largest absolute Gasteiger partial charge is 0.481 e. The molecular formula is C11H10ClN3O2. The van der Waals surface area contributed by atoms with E-state index in [1.807, 2.05) is 6.07 Å². The Morgan fingerprint density at radius 3 is 2.88 bits per heavy atom. The van der Waals surface area contributed by atoms with Crippen molar-refractivity contribution in [3.05, 3.63) is 35.2 Å². The van der Waals surface area contributed by atoms with E-state index >= 15 is 0 Å². The lowest BCUT2D eigenvalue weighted by Crippen LogP contribution is -2.01. The van der Waals surface area contributed by atoms with Crippen LogP contribution in [0.5, 0.6) is 0 Å². The van der Waals surface area contributed by atoms with E-state index in [0.717, 1.165) is 0 Å². The van der Waals surface area contributed by atoms with Crippen LogP contribution in [0.2, 0.25) is 5.15 Å². The van der Waals surface area contributed by atoms with Gasteiger partial charge in [-0.3, -0.25) is 9.78 Å². The summed E-state index contributed by atoms with van der Waals surface area (Å²) in [6.07, 6.45) is 1.45. The molecule has 0 aliphatic carbocycles. The van der Waals surface area contributed by atoms with Crippen LogP contribution in [0.1, 0.15) is 5.69 Å². The molecule has 0 amide bonds. The highest BCUT2D eigenvalue weighted by Gasteiger charge is 2.16. The maximum atomic E-state index is 10.7. The summed E-state index contributed by atoms with van der Waals surface area (Å²) in [5.74, 6) is -0.399. The number of halogens is 1. The van der Waals surface area contributed by atoms with Crippen LogP contribution >= 0.6 is 11.6 Å². The van der Waals surface area contributed by atoms with E-state index < -0.39 is 5.97 Å². The van der Waals surface area contributed by atoms with Crippen LogP contribution in [0.3, 0.4) is 0 Å². The first kappa shape index (κ1) is 11.6. The van der Waals surface area contributed by atoms with Gasteiger partial charge in [-0.1, -0.05) is 17.7 Å². The lowest BCUT2D eigenvalue weighted by Gasteiger charge is -2.00. The molecule has 0 unspecified atom stereocenters. The van der Waals surface area contributed by atoms with Gasteiger partial charge in [0.15, 0.2) is 5.82 Å². The van der Waals surface area contributed by atoms with Gasteiger partial charge in [0.25, 0.3) is 0 Å².